The lowest BCUT2D eigenvalue weighted by Crippen LogP contribution is -2.11. The van der Waals surface area contributed by atoms with Crippen molar-refractivity contribution in [1.29, 1.82) is 0 Å². The van der Waals surface area contributed by atoms with E-state index in [2.05, 4.69) is 0 Å². The van der Waals surface area contributed by atoms with Crippen LogP contribution in [0.3, 0.4) is 0 Å². The second-order valence-corrected chi connectivity index (χ2v) is 10.2. The molecule has 4 rings (SSSR count). The van der Waals surface area contributed by atoms with Gasteiger partial charge in [0.15, 0.2) is 69.8 Å². The summed E-state index contributed by atoms with van der Waals surface area (Å²) >= 11 is 0. The lowest BCUT2D eigenvalue weighted by atomic mass is 9.91. The topological polar surface area (TPSA) is 0 Å². The van der Waals surface area contributed by atoms with E-state index in [-0.39, 0.29) is 11.1 Å². The highest BCUT2D eigenvalue weighted by atomic mass is 19.2. The number of halogens is 12. The molecular weight excluding hydrogens is 588 g/mol. The van der Waals surface area contributed by atoms with Crippen LogP contribution < -0.4 is 0 Å². The van der Waals surface area contributed by atoms with Crippen molar-refractivity contribution in [3.05, 3.63) is 114 Å². The number of hydrogen-bond donors (Lipinski definition) is 0. The van der Waals surface area contributed by atoms with E-state index in [0.29, 0.717) is 0 Å². The van der Waals surface area contributed by atoms with E-state index >= 15 is 0 Å². The maximum absolute atomic E-state index is 14.9. The van der Waals surface area contributed by atoms with Crippen LogP contribution in [0.4, 0.5) is 52.7 Å². The molecule has 1 aliphatic carbocycles. The van der Waals surface area contributed by atoms with Gasteiger partial charge in [-0.05, 0) is 62.8 Å². The molecule has 2 atom stereocenters. The minimum absolute atomic E-state index is 0.388. The molecule has 0 radical (unpaired) electrons. The van der Waals surface area contributed by atoms with Crippen molar-refractivity contribution in [1.82, 2.24) is 0 Å². The Morgan fingerprint density at radius 2 is 0.667 bits per heavy atom. The molecule has 1 aliphatic rings. The quantitative estimate of drug-likeness (QED) is 0.204. The standard InChI is InChI=1S/C30H20F12/c1-7(16-25(37)19(31)10(4)20(32)26(16)38)13-14(8(2)17-27(39)21(33)11(5)22(34)28(17)40)15(13)9(3)18-29(41)23(35)12(6)24(36)30(18)42/h7,13H,1-6H3/b14-8-,15-9+/t7-,13?/m1/s1. The maximum Gasteiger partial charge on any atom is 0.169 e. The molecule has 0 aromatic heterocycles. The van der Waals surface area contributed by atoms with Gasteiger partial charge in [-0.15, -0.1) is 0 Å². The van der Waals surface area contributed by atoms with Crippen molar-refractivity contribution in [3.63, 3.8) is 0 Å². The predicted octanol–water partition coefficient (Wildman–Crippen LogP) is 9.96. The fraction of sp³-hybridized carbons (Fsp3) is 0.267. The third-order valence-electron chi connectivity index (χ3n) is 7.82. The van der Waals surface area contributed by atoms with Gasteiger partial charge in [0, 0.05) is 28.2 Å². The Labute approximate surface area is 232 Å². The third-order valence-corrected chi connectivity index (χ3v) is 7.82. The average Bonchev–Trinajstić information content (AvgIpc) is 3.71. The van der Waals surface area contributed by atoms with E-state index in [1.807, 2.05) is 0 Å². The van der Waals surface area contributed by atoms with Crippen LogP contribution in [-0.4, -0.2) is 0 Å². The number of benzene rings is 3. The monoisotopic (exact) mass is 608 g/mol. The minimum Gasteiger partial charge on any atom is -0.203 e. The summed E-state index contributed by atoms with van der Waals surface area (Å²) in [6.45, 7) is 5.12. The second-order valence-electron chi connectivity index (χ2n) is 10.2. The fourth-order valence-electron chi connectivity index (χ4n) is 5.35. The highest BCUT2D eigenvalue weighted by Crippen LogP contribution is 2.60. The highest BCUT2D eigenvalue weighted by Gasteiger charge is 2.49. The summed E-state index contributed by atoms with van der Waals surface area (Å²) < 4.78 is 176. The van der Waals surface area contributed by atoms with E-state index < -0.39 is 126 Å². The summed E-state index contributed by atoms with van der Waals surface area (Å²) in [5, 5.41) is 0. The highest BCUT2D eigenvalue weighted by molar-refractivity contribution is 5.89. The van der Waals surface area contributed by atoms with Gasteiger partial charge in [0.05, 0.1) is 11.1 Å². The molecule has 1 fully saturated rings. The van der Waals surface area contributed by atoms with Gasteiger partial charge in [0.1, 0.15) is 0 Å². The number of hydrogen-bond acceptors (Lipinski definition) is 0. The van der Waals surface area contributed by atoms with Crippen LogP contribution in [0, 0.1) is 96.5 Å². The zero-order valence-electron chi connectivity index (χ0n) is 22.7. The molecule has 1 saturated carbocycles. The largest absolute Gasteiger partial charge is 0.203 e. The molecule has 0 heterocycles. The number of allylic oxidation sites excluding steroid dienone is 4. The lowest BCUT2D eigenvalue weighted by molar-refractivity contribution is 0.418. The molecule has 0 saturated heterocycles. The Morgan fingerprint density at radius 3 is 0.929 bits per heavy atom. The molecule has 224 valence electrons. The summed E-state index contributed by atoms with van der Waals surface area (Å²) in [6, 6.07) is 0. The Kier molecular flexibility index (Phi) is 7.84. The summed E-state index contributed by atoms with van der Waals surface area (Å²) in [6.07, 6.45) is 0. The van der Waals surface area contributed by atoms with E-state index in [0.717, 1.165) is 41.5 Å². The van der Waals surface area contributed by atoms with Crippen LogP contribution in [0.1, 0.15) is 60.1 Å². The SMILES string of the molecule is C/C(=C1/C(=C(\C)c2c(F)c(F)c(C)c(F)c2F)C1[C@@H](C)c1c(F)c(F)c(C)c(F)c1F)c1c(F)c(F)c(C)c(F)c1F. The smallest absolute Gasteiger partial charge is 0.169 e. The van der Waals surface area contributed by atoms with E-state index in [4.69, 9.17) is 0 Å². The van der Waals surface area contributed by atoms with Gasteiger partial charge >= 0.3 is 0 Å². The van der Waals surface area contributed by atoms with E-state index in [1.165, 1.54) is 0 Å². The Bertz CT molecular complexity index is 1580. The Balaban J connectivity index is 2.11. The van der Waals surface area contributed by atoms with Gasteiger partial charge in [-0.2, -0.15) is 0 Å². The summed E-state index contributed by atoms with van der Waals surface area (Å²) in [5.74, 6) is -25.1. The van der Waals surface area contributed by atoms with Crippen LogP contribution in [0.2, 0.25) is 0 Å². The first kappa shape index (κ1) is 31.2. The molecule has 3 aromatic rings. The van der Waals surface area contributed by atoms with Crippen molar-refractivity contribution in [2.45, 2.75) is 47.5 Å². The first-order valence-electron chi connectivity index (χ1n) is 12.3. The fourth-order valence-corrected chi connectivity index (χ4v) is 5.35. The first-order valence-corrected chi connectivity index (χ1v) is 12.3. The maximum atomic E-state index is 14.9. The zero-order valence-corrected chi connectivity index (χ0v) is 22.7. The van der Waals surface area contributed by atoms with E-state index in [9.17, 15) is 52.7 Å². The summed E-state index contributed by atoms with van der Waals surface area (Å²) in [7, 11) is 0. The third kappa shape index (κ3) is 4.32. The molecule has 1 unspecified atom stereocenters. The van der Waals surface area contributed by atoms with Crippen molar-refractivity contribution < 1.29 is 52.7 Å². The van der Waals surface area contributed by atoms with Gasteiger partial charge in [0.2, 0.25) is 0 Å². The average molecular weight is 608 g/mol. The van der Waals surface area contributed by atoms with Crippen molar-refractivity contribution >= 4 is 11.1 Å². The summed E-state index contributed by atoms with van der Waals surface area (Å²) in [4.78, 5) is 0. The minimum atomic E-state index is -1.87. The van der Waals surface area contributed by atoms with E-state index in [1.54, 1.807) is 0 Å². The first-order chi connectivity index (χ1) is 19.4. The molecule has 0 amide bonds. The molecule has 3 aromatic carbocycles. The Hall–Kier alpha value is -3.70. The lowest BCUT2D eigenvalue weighted by Gasteiger charge is -2.16. The molecule has 42 heavy (non-hydrogen) atoms. The summed E-state index contributed by atoms with van der Waals surface area (Å²) in [5.41, 5.74) is -8.79. The van der Waals surface area contributed by atoms with Crippen LogP contribution in [0.15, 0.2) is 11.1 Å². The van der Waals surface area contributed by atoms with Crippen LogP contribution in [-0.2, 0) is 0 Å². The van der Waals surface area contributed by atoms with Gasteiger partial charge < -0.3 is 0 Å². The molecule has 0 spiro atoms. The number of rotatable bonds is 4. The zero-order chi connectivity index (χ0) is 31.9. The second kappa shape index (κ2) is 10.5. The van der Waals surface area contributed by atoms with Gasteiger partial charge in [0.25, 0.3) is 0 Å². The predicted molar refractivity (Wildman–Crippen MR) is 130 cm³/mol. The van der Waals surface area contributed by atoms with Gasteiger partial charge in [-0.1, -0.05) is 6.92 Å². The Morgan fingerprint density at radius 1 is 0.429 bits per heavy atom. The van der Waals surface area contributed by atoms with Crippen LogP contribution >= 0.6 is 0 Å². The molecule has 0 N–H and O–H groups in total. The molecular formula is C30H20F12. The van der Waals surface area contributed by atoms with Crippen molar-refractivity contribution in [3.8, 4) is 0 Å². The van der Waals surface area contributed by atoms with Crippen LogP contribution in [0.25, 0.3) is 11.1 Å². The van der Waals surface area contributed by atoms with Crippen molar-refractivity contribution in [2.24, 2.45) is 5.92 Å². The molecule has 12 heteroatoms. The van der Waals surface area contributed by atoms with Crippen molar-refractivity contribution in [2.75, 3.05) is 0 Å². The normalized spacial score (nSPS) is 18.0. The van der Waals surface area contributed by atoms with Crippen LogP contribution in [0.5, 0.6) is 0 Å². The molecule has 0 aliphatic heterocycles. The molecule has 0 bridgehead atoms. The molecule has 0 nitrogen and oxygen atoms in total. The van der Waals surface area contributed by atoms with Gasteiger partial charge in [-0.3, -0.25) is 0 Å². The van der Waals surface area contributed by atoms with Gasteiger partial charge in [-0.25, -0.2) is 52.7 Å².